The maximum absolute atomic E-state index is 12.2. The van der Waals surface area contributed by atoms with Crippen molar-refractivity contribution in [3.05, 3.63) is 42.5 Å². The molecule has 2 aromatic rings. The van der Waals surface area contributed by atoms with Crippen molar-refractivity contribution in [1.29, 1.82) is 0 Å². The first-order valence-corrected chi connectivity index (χ1v) is 7.11. The fraction of sp³-hybridized carbons (Fsp3) is 0.400. The zero-order chi connectivity index (χ0) is 14.7. The van der Waals surface area contributed by atoms with Gasteiger partial charge in [-0.2, -0.15) is 5.10 Å². The smallest absolute Gasteiger partial charge is 0.251 e. The fourth-order valence-electron chi connectivity index (χ4n) is 2.49. The molecule has 1 N–H and O–H groups in total. The van der Waals surface area contributed by atoms with Crippen LogP contribution in [-0.4, -0.2) is 39.4 Å². The molecule has 21 heavy (non-hydrogen) atoms. The predicted octanol–water partition coefficient (Wildman–Crippen LogP) is 1.56. The molecule has 6 nitrogen and oxygen atoms in total. The minimum absolute atomic E-state index is 0.0231. The van der Waals surface area contributed by atoms with Crippen LogP contribution in [-0.2, 0) is 4.74 Å². The number of hydrogen-bond donors (Lipinski definition) is 1. The summed E-state index contributed by atoms with van der Waals surface area (Å²) in [6, 6.07) is 7.29. The highest BCUT2D eigenvalue weighted by molar-refractivity contribution is 5.94. The quantitative estimate of drug-likeness (QED) is 0.926. The summed E-state index contributed by atoms with van der Waals surface area (Å²) in [6.45, 7) is 2.77. The Bertz CT molecular complexity index is 589. The van der Waals surface area contributed by atoms with Crippen molar-refractivity contribution in [2.24, 2.45) is 0 Å². The molecule has 0 saturated carbocycles. The highest BCUT2D eigenvalue weighted by atomic mass is 16.5. The molecule has 3 rings (SSSR count). The molecule has 2 heterocycles. The van der Waals surface area contributed by atoms with E-state index >= 15 is 0 Å². The first-order valence-electron chi connectivity index (χ1n) is 7.11. The molecule has 1 amide bonds. The molecule has 0 aliphatic carbocycles. The van der Waals surface area contributed by atoms with Gasteiger partial charge in [-0.05, 0) is 44.0 Å². The number of carbonyl (C=O) groups excluding carboxylic acids is 1. The molecule has 1 aliphatic rings. The van der Waals surface area contributed by atoms with Crippen molar-refractivity contribution < 1.29 is 9.53 Å². The lowest BCUT2D eigenvalue weighted by Gasteiger charge is -2.20. The summed E-state index contributed by atoms with van der Waals surface area (Å²) in [4.78, 5) is 16.1. The molecule has 1 saturated heterocycles. The fourth-order valence-corrected chi connectivity index (χ4v) is 2.49. The normalized spacial score (nSPS) is 19.4. The summed E-state index contributed by atoms with van der Waals surface area (Å²) in [5.74, 6) is -0.0804. The highest BCUT2D eigenvalue weighted by Crippen LogP contribution is 2.16. The van der Waals surface area contributed by atoms with Crippen molar-refractivity contribution in [2.75, 3.05) is 6.61 Å². The Labute approximate surface area is 123 Å². The van der Waals surface area contributed by atoms with Gasteiger partial charge in [0.15, 0.2) is 0 Å². The molecular weight excluding hydrogens is 268 g/mol. The van der Waals surface area contributed by atoms with Gasteiger partial charge in [-0.25, -0.2) is 9.67 Å². The van der Waals surface area contributed by atoms with Crippen LogP contribution in [0.2, 0.25) is 0 Å². The largest absolute Gasteiger partial charge is 0.376 e. The summed E-state index contributed by atoms with van der Waals surface area (Å²) in [7, 11) is 0. The van der Waals surface area contributed by atoms with Gasteiger partial charge in [0.25, 0.3) is 5.91 Å². The molecule has 1 aliphatic heterocycles. The zero-order valence-corrected chi connectivity index (χ0v) is 11.9. The molecular formula is C15H18N4O2. The first kappa shape index (κ1) is 13.8. The number of ether oxygens (including phenoxy) is 1. The molecule has 1 fully saturated rings. The molecule has 110 valence electrons. The number of amides is 1. The van der Waals surface area contributed by atoms with E-state index in [1.165, 1.54) is 6.33 Å². The molecule has 0 spiro atoms. The zero-order valence-electron chi connectivity index (χ0n) is 11.9. The van der Waals surface area contributed by atoms with E-state index in [4.69, 9.17) is 4.74 Å². The molecule has 1 aromatic carbocycles. The number of nitrogens with zero attached hydrogens (tertiary/aromatic N) is 3. The van der Waals surface area contributed by atoms with Gasteiger partial charge in [0.2, 0.25) is 0 Å². The maximum atomic E-state index is 12.2. The third-order valence-corrected chi connectivity index (χ3v) is 3.69. The van der Waals surface area contributed by atoms with Crippen LogP contribution in [0, 0.1) is 0 Å². The molecule has 6 heteroatoms. The highest BCUT2D eigenvalue weighted by Gasteiger charge is 2.23. The van der Waals surface area contributed by atoms with Gasteiger partial charge in [-0.3, -0.25) is 4.79 Å². The second kappa shape index (κ2) is 6.05. The summed E-state index contributed by atoms with van der Waals surface area (Å²) >= 11 is 0. The van der Waals surface area contributed by atoms with E-state index in [0.717, 1.165) is 25.1 Å². The van der Waals surface area contributed by atoms with Gasteiger partial charge in [-0.15, -0.1) is 0 Å². The van der Waals surface area contributed by atoms with Crippen molar-refractivity contribution in [3.63, 3.8) is 0 Å². The third kappa shape index (κ3) is 3.11. The van der Waals surface area contributed by atoms with Crippen LogP contribution in [0.1, 0.15) is 30.1 Å². The minimum atomic E-state index is -0.0804. The van der Waals surface area contributed by atoms with Gasteiger partial charge in [0.05, 0.1) is 17.8 Å². The van der Waals surface area contributed by atoms with Crippen molar-refractivity contribution >= 4 is 5.91 Å². The second-order valence-corrected chi connectivity index (χ2v) is 5.20. The Morgan fingerprint density at radius 2 is 2.24 bits per heavy atom. The van der Waals surface area contributed by atoms with Gasteiger partial charge in [0, 0.05) is 12.2 Å². The van der Waals surface area contributed by atoms with Crippen molar-refractivity contribution in [2.45, 2.75) is 31.9 Å². The summed E-state index contributed by atoms with van der Waals surface area (Å²) in [5, 5.41) is 7.04. The number of hydrogen-bond acceptors (Lipinski definition) is 4. The lowest BCUT2D eigenvalue weighted by molar-refractivity contribution is 0.0712. The lowest BCUT2D eigenvalue weighted by Crippen LogP contribution is -2.40. The van der Waals surface area contributed by atoms with E-state index in [1.807, 2.05) is 19.1 Å². The molecule has 0 bridgehead atoms. The van der Waals surface area contributed by atoms with E-state index in [1.54, 1.807) is 23.1 Å². The van der Waals surface area contributed by atoms with Crippen LogP contribution >= 0.6 is 0 Å². The second-order valence-electron chi connectivity index (χ2n) is 5.20. The van der Waals surface area contributed by atoms with E-state index in [-0.39, 0.29) is 18.1 Å². The van der Waals surface area contributed by atoms with E-state index in [0.29, 0.717) is 5.56 Å². The topological polar surface area (TPSA) is 69.0 Å². The van der Waals surface area contributed by atoms with E-state index in [2.05, 4.69) is 15.4 Å². The Kier molecular flexibility index (Phi) is 3.96. The van der Waals surface area contributed by atoms with Gasteiger partial charge >= 0.3 is 0 Å². The Hall–Kier alpha value is -2.21. The Morgan fingerprint density at radius 1 is 1.43 bits per heavy atom. The van der Waals surface area contributed by atoms with Gasteiger partial charge in [0.1, 0.15) is 12.7 Å². The molecule has 0 unspecified atom stereocenters. The monoisotopic (exact) mass is 286 g/mol. The van der Waals surface area contributed by atoms with Crippen LogP contribution in [0.25, 0.3) is 5.69 Å². The van der Waals surface area contributed by atoms with Crippen LogP contribution < -0.4 is 5.32 Å². The van der Waals surface area contributed by atoms with E-state index < -0.39 is 0 Å². The number of aromatic nitrogens is 3. The number of benzene rings is 1. The third-order valence-electron chi connectivity index (χ3n) is 3.69. The standard InChI is InChI=1S/C15H18N4O2/c1-11(14-3-2-8-21-14)18-15(20)12-4-6-13(7-5-12)19-10-16-9-17-19/h4-7,9-11,14H,2-3,8H2,1H3,(H,18,20)/t11-,14-/m0/s1. The molecule has 0 radical (unpaired) electrons. The number of nitrogens with one attached hydrogen (secondary N) is 1. The van der Waals surface area contributed by atoms with Crippen LogP contribution in [0.5, 0.6) is 0 Å². The number of carbonyl (C=O) groups is 1. The SMILES string of the molecule is C[C@H](NC(=O)c1ccc(-n2cncn2)cc1)[C@@H]1CCCO1. The van der Waals surface area contributed by atoms with Crippen molar-refractivity contribution in [1.82, 2.24) is 20.1 Å². The lowest BCUT2D eigenvalue weighted by atomic mass is 10.1. The van der Waals surface area contributed by atoms with Crippen LogP contribution in [0.3, 0.4) is 0 Å². The van der Waals surface area contributed by atoms with Gasteiger partial charge in [-0.1, -0.05) is 0 Å². The van der Waals surface area contributed by atoms with Crippen LogP contribution in [0.15, 0.2) is 36.9 Å². The minimum Gasteiger partial charge on any atom is -0.376 e. The average molecular weight is 286 g/mol. The van der Waals surface area contributed by atoms with Gasteiger partial charge < -0.3 is 10.1 Å². The molecule has 2 atom stereocenters. The average Bonchev–Trinajstić information content (AvgIpc) is 3.20. The summed E-state index contributed by atoms with van der Waals surface area (Å²) in [5.41, 5.74) is 1.50. The Balaban J connectivity index is 1.64. The Morgan fingerprint density at radius 3 is 2.86 bits per heavy atom. The van der Waals surface area contributed by atoms with Crippen LogP contribution in [0.4, 0.5) is 0 Å². The molecule has 1 aromatic heterocycles. The van der Waals surface area contributed by atoms with Crippen molar-refractivity contribution in [3.8, 4) is 5.69 Å². The maximum Gasteiger partial charge on any atom is 0.251 e. The summed E-state index contributed by atoms with van der Waals surface area (Å²) < 4.78 is 7.24. The number of rotatable bonds is 4. The summed E-state index contributed by atoms with van der Waals surface area (Å²) in [6.07, 6.45) is 5.30. The van der Waals surface area contributed by atoms with E-state index in [9.17, 15) is 4.79 Å². The first-order chi connectivity index (χ1) is 10.2. The predicted molar refractivity (Wildman–Crippen MR) is 77.3 cm³/mol.